The van der Waals surface area contributed by atoms with Gasteiger partial charge < -0.3 is 14.2 Å². The highest BCUT2D eigenvalue weighted by Crippen LogP contribution is 2.52. The number of ketones is 1. The summed E-state index contributed by atoms with van der Waals surface area (Å²) in [5, 5.41) is 0. The van der Waals surface area contributed by atoms with Crippen molar-refractivity contribution >= 4 is 5.78 Å². The highest BCUT2D eigenvalue weighted by atomic mass is 19.3. The summed E-state index contributed by atoms with van der Waals surface area (Å²) in [5.41, 5.74) is 4.00. The van der Waals surface area contributed by atoms with Gasteiger partial charge in [-0.2, -0.15) is 0 Å². The van der Waals surface area contributed by atoms with Gasteiger partial charge in [0.1, 0.15) is 5.78 Å². The van der Waals surface area contributed by atoms with Gasteiger partial charge in [-0.1, -0.05) is 12.1 Å². The molecule has 1 aliphatic carbocycles. The molecule has 6 nitrogen and oxygen atoms in total. The molecule has 33 heavy (non-hydrogen) atoms. The van der Waals surface area contributed by atoms with E-state index in [4.69, 9.17) is 9.72 Å². The number of alkyl halides is 2. The molecule has 0 spiro atoms. The number of aryl methyl sites for hydroxylation is 2. The van der Waals surface area contributed by atoms with E-state index in [2.05, 4.69) is 14.5 Å². The number of fused-ring (bicyclic) bond motifs is 1. The Hall–Kier alpha value is -3.55. The van der Waals surface area contributed by atoms with Gasteiger partial charge in [-0.3, -0.25) is 9.78 Å². The topological polar surface area (TPSA) is 70.5 Å². The van der Waals surface area contributed by atoms with Gasteiger partial charge in [-0.05, 0) is 62.1 Å². The zero-order valence-electron chi connectivity index (χ0n) is 18.4. The van der Waals surface area contributed by atoms with Crippen LogP contribution in [0.1, 0.15) is 35.4 Å². The van der Waals surface area contributed by atoms with Crippen LogP contribution in [0.15, 0.2) is 42.5 Å². The zero-order chi connectivity index (χ0) is 23.4. The normalized spacial score (nSPS) is 17.0. The number of nitrogens with zero attached hydrogens (tertiary/aromatic N) is 2. The molecular weight excluding hydrogens is 430 g/mol. The maximum atomic E-state index is 13.4. The summed E-state index contributed by atoms with van der Waals surface area (Å²) in [6.07, 6.45) is -2.23. The number of rotatable bonds is 6. The van der Waals surface area contributed by atoms with Gasteiger partial charge in [0, 0.05) is 23.7 Å². The quantitative estimate of drug-likeness (QED) is 0.528. The van der Waals surface area contributed by atoms with Gasteiger partial charge in [0.2, 0.25) is 5.88 Å². The number of carbonyl (C=O) groups is 1. The minimum absolute atomic E-state index is 0.00000595. The minimum atomic E-state index is -3.68. The Bertz CT molecular complexity index is 1270. The summed E-state index contributed by atoms with van der Waals surface area (Å²) >= 11 is 0. The summed E-state index contributed by atoms with van der Waals surface area (Å²) in [7, 11) is 1.57. The number of methoxy groups -OCH3 is 1. The van der Waals surface area contributed by atoms with E-state index in [-0.39, 0.29) is 23.7 Å². The molecule has 1 aromatic carbocycles. The molecule has 0 unspecified atom stereocenters. The number of ether oxygens (including phenoxy) is 3. The fourth-order valence-corrected chi connectivity index (χ4v) is 4.28. The van der Waals surface area contributed by atoms with Crippen LogP contribution in [0.2, 0.25) is 0 Å². The standard InChI is InChI=1S/C25H22F2N2O4/c1-14-4-6-17(29-23(14)18-7-9-22(31-3)28-15(18)2)13-21(30)24(10-11-24)16-5-8-19-20(12-16)33-25(26,27)32-19/h4-9,12H,10-11,13H2,1-3H3. The molecule has 8 heteroatoms. The lowest BCUT2D eigenvalue weighted by atomic mass is 9.88. The van der Waals surface area contributed by atoms with Crippen LogP contribution in [0.5, 0.6) is 17.4 Å². The van der Waals surface area contributed by atoms with E-state index in [9.17, 15) is 13.6 Å². The van der Waals surface area contributed by atoms with Crippen molar-refractivity contribution in [3.8, 4) is 28.6 Å². The second-order valence-corrected chi connectivity index (χ2v) is 8.47. The monoisotopic (exact) mass is 452 g/mol. The van der Waals surface area contributed by atoms with E-state index in [1.165, 1.54) is 12.1 Å². The molecule has 1 saturated carbocycles. The van der Waals surface area contributed by atoms with E-state index < -0.39 is 11.7 Å². The Labute approximate surface area is 189 Å². The number of aromatic nitrogens is 2. The van der Waals surface area contributed by atoms with Crippen molar-refractivity contribution in [3.05, 3.63) is 65.0 Å². The third-order valence-electron chi connectivity index (χ3n) is 6.26. The molecule has 0 bridgehead atoms. The third-order valence-corrected chi connectivity index (χ3v) is 6.26. The molecular formula is C25H22F2N2O4. The molecule has 170 valence electrons. The lowest BCUT2D eigenvalue weighted by Crippen LogP contribution is -2.26. The number of carbonyl (C=O) groups excluding carboxylic acids is 1. The van der Waals surface area contributed by atoms with Gasteiger partial charge >= 0.3 is 6.29 Å². The van der Waals surface area contributed by atoms with Crippen molar-refractivity contribution in [1.29, 1.82) is 0 Å². The van der Waals surface area contributed by atoms with Crippen LogP contribution in [0, 0.1) is 13.8 Å². The molecule has 0 N–H and O–H groups in total. The third kappa shape index (κ3) is 3.79. The van der Waals surface area contributed by atoms with Gasteiger partial charge in [0.15, 0.2) is 11.5 Å². The molecule has 3 aromatic rings. The Balaban J connectivity index is 1.40. The first-order valence-corrected chi connectivity index (χ1v) is 10.6. The van der Waals surface area contributed by atoms with Gasteiger partial charge in [0.25, 0.3) is 0 Å². The Morgan fingerprint density at radius 1 is 1.03 bits per heavy atom. The predicted molar refractivity (Wildman–Crippen MR) is 116 cm³/mol. The van der Waals surface area contributed by atoms with E-state index in [0.717, 1.165) is 22.5 Å². The van der Waals surface area contributed by atoms with Gasteiger partial charge in [-0.15, -0.1) is 8.78 Å². The van der Waals surface area contributed by atoms with Crippen LogP contribution in [-0.2, 0) is 16.6 Å². The van der Waals surface area contributed by atoms with Gasteiger partial charge in [-0.25, -0.2) is 4.98 Å². The smallest absolute Gasteiger partial charge is 0.481 e. The number of Topliss-reactive ketones (excluding diaryl/α,β-unsaturated/α-hetero) is 1. The average molecular weight is 452 g/mol. The molecule has 1 aliphatic heterocycles. The van der Waals surface area contributed by atoms with E-state index >= 15 is 0 Å². The molecule has 2 aromatic heterocycles. The molecule has 1 fully saturated rings. The van der Waals surface area contributed by atoms with E-state index in [0.29, 0.717) is 30.0 Å². The summed E-state index contributed by atoms with van der Waals surface area (Å²) in [6.45, 7) is 3.85. The summed E-state index contributed by atoms with van der Waals surface area (Å²) in [6, 6.07) is 12.1. The van der Waals surface area contributed by atoms with Crippen LogP contribution in [-0.4, -0.2) is 29.2 Å². The molecule has 0 amide bonds. The first-order valence-electron chi connectivity index (χ1n) is 10.6. The fourth-order valence-electron chi connectivity index (χ4n) is 4.28. The second-order valence-electron chi connectivity index (χ2n) is 8.47. The van der Waals surface area contributed by atoms with Gasteiger partial charge in [0.05, 0.1) is 23.9 Å². The van der Waals surface area contributed by atoms with Crippen molar-refractivity contribution in [2.45, 2.75) is 44.8 Å². The summed E-state index contributed by atoms with van der Waals surface area (Å²) in [4.78, 5) is 22.5. The van der Waals surface area contributed by atoms with Crippen molar-refractivity contribution in [1.82, 2.24) is 9.97 Å². The predicted octanol–water partition coefficient (Wildman–Crippen LogP) is 4.93. The van der Waals surface area contributed by atoms with Crippen molar-refractivity contribution in [2.24, 2.45) is 0 Å². The maximum Gasteiger partial charge on any atom is 0.586 e. The van der Waals surface area contributed by atoms with Crippen LogP contribution in [0.3, 0.4) is 0 Å². The zero-order valence-corrected chi connectivity index (χ0v) is 18.4. The summed E-state index contributed by atoms with van der Waals surface area (Å²) in [5.74, 6) is 0.451. The molecule has 5 rings (SSSR count). The van der Waals surface area contributed by atoms with Crippen LogP contribution in [0.25, 0.3) is 11.3 Å². The number of halogens is 2. The van der Waals surface area contributed by atoms with E-state index in [1.54, 1.807) is 19.2 Å². The largest absolute Gasteiger partial charge is 0.586 e. The number of hydrogen-bond donors (Lipinski definition) is 0. The lowest BCUT2D eigenvalue weighted by Gasteiger charge is -2.16. The molecule has 0 saturated heterocycles. The van der Waals surface area contributed by atoms with Crippen molar-refractivity contribution < 1.29 is 27.8 Å². The van der Waals surface area contributed by atoms with Crippen molar-refractivity contribution in [2.75, 3.05) is 7.11 Å². The highest BCUT2D eigenvalue weighted by Gasteiger charge is 2.52. The highest BCUT2D eigenvalue weighted by molar-refractivity contribution is 5.94. The van der Waals surface area contributed by atoms with Crippen LogP contribution < -0.4 is 14.2 Å². The number of pyridine rings is 2. The Morgan fingerprint density at radius 2 is 1.79 bits per heavy atom. The van der Waals surface area contributed by atoms with Crippen LogP contribution >= 0.6 is 0 Å². The molecule has 2 aliphatic rings. The SMILES string of the molecule is COc1ccc(-c2nc(CC(=O)C3(c4ccc5c(c4)OC(F)(F)O5)CC3)ccc2C)c(C)n1. The second kappa shape index (κ2) is 7.50. The molecule has 0 radical (unpaired) electrons. The minimum Gasteiger partial charge on any atom is -0.481 e. The number of benzene rings is 1. The molecule has 0 atom stereocenters. The number of hydrogen-bond acceptors (Lipinski definition) is 6. The van der Waals surface area contributed by atoms with E-state index in [1.807, 2.05) is 32.0 Å². The summed E-state index contributed by atoms with van der Waals surface area (Å²) < 4.78 is 41.0. The fraction of sp³-hybridized carbons (Fsp3) is 0.320. The first-order chi connectivity index (χ1) is 15.7. The maximum absolute atomic E-state index is 13.4. The Morgan fingerprint density at radius 3 is 2.48 bits per heavy atom. The van der Waals surface area contributed by atoms with Crippen molar-refractivity contribution in [3.63, 3.8) is 0 Å². The van der Waals surface area contributed by atoms with Crippen LogP contribution in [0.4, 0.5) is 8.78 Å². The first kappa shape index (κ1) is 21.3. The average Bonchev–Trinajstić information content (AvgIpc) is 3.52. The lowest BCUT2D eigenvalue weighted by molar-refractivity contribution is -0.286. The Kier molecular flexibility index (Phi) is 4.84. The molecule has 3 heterocycles.